The van der Waals surface area contributed by atoms with E-state index in [9.17, 15) is 38.4 Å². The third kappa shape index (κ3) is 26.8. The SMILES string of the molecule is CC.CCC.CCC.CC[C@H](C)C([C@@H](CC(=O)N1CCC[C@H]1[C@H](OC)[C@@H](C)C(=O)N[C@@H](Cc1ccccc1)C(=O)OC)OC)N(C)C(=O)CNC(=O)C(C(C)C)N(C)CCc1ccc(NC(=O)[C@H](CCCNC(N)=O)NC(=O)CN)cc1. The van der Waals surface area contributed by atoms with Crippen molar-refractivity contribution in [2.45, 2.75) is 183 Å². The van der Waals surface area contributed by atoms with Gasteiger partial charge in [0.25, 0.3) is 0 Å². The molecule has 0 radical (unpaired) electrons. The Labute approximate surface area is 491 Å². The van der Waals surface area contributed by atoms with Gasteiger partial charge in [0, 0.05) is 53.0 Å². The van der Waals surface area contributed by atoms with Crippen molar-refractivity contribution in [3.8, 4) is 0 Å². The van der Waals surface area contributed by atoms with Crippen LogP contribution in [0, 0.1) is 17.8 Å². The summed E-state index contributed by atoms with van der Waals surface area (Å²) in [6, 6.07) is 12.5. The van der Waals surface area contributed by atoms with Crippen LogP contribution in [0.15, 0.2) is 54.6 Å². The number of benzene rings is 2. The highest BCUT2D eigenvalue weighted by atomic mass is 16.5. The van der Waals surface area contributed by atoms with Crippen molar-refractivity contribution in [2.24, 2.45) is 29.2 Å². The minimum atomic E-state index is -0.922. The Hall–Kier alpha value is -6.16. The first-order chi connectivity index (χ1) is 39.0. The molecule has 0 bridgehead atoms. The van der Waals surface area contributed by atoms with Crippen molar-refractivity contribution in [1.82, 2.24) is 36.0 Å². The van der Waals surface area contributed by atoms with Crippen LogP contribution >= 0.6 is 0 Å². The molecule has 0 aliphatic carbocycles. The van der Waals surface area contributed by atoms with Gasteiger partial charge in [-0.15, -0.1) is 0 Å². The number of ether oxygens (including phenoxy) is 3. The van der Waals surface area contributed by atoms with Gasteiger partial charge in [0.2, 0.25) is 35.4 Å². The van der Waals surface area contributed by atoms with E-state index in [4.69, 9.17) is 25.7 Å². The number of primary amides is 1. The van der Waals surface area contributed by atoms with E-state index < -0.39 is 78.1 Å². The molecule has 1 heterocycles. The molecule has 1 aliphatic rings. The second kappa shape index (κ2) is 42.6. The van der Waals surface area contributed by atoms with Gasteiger partial charge in [0.05, 0.1) is 62.9 Å². The number of nitrogens with one attached hydrogen (secondary N) is 5. The van der Waals surface area contributed by atoms with Crippen LogP contribution in [0.2, 0.25) is 0 Å². The molecule has 8 amide bonds. The lowest BCUT2D eigenvalue weighted by Gasteiger charge is -2.39. The maximum absolute atomic E-state index is 14.3. The normalized spacial score (nSPS) is 15.5. The molecule has 2 aromatic carbocycles. The van der Waals surface area contributed by atoms with E-state index in [1.165, 1.54) is 34.2 Å². The van der Waals surface area contributed by atoms with Gasteiger partial charge in [0.1, 0.15) is 12.1 Å². The lowest BCUT2D eigenvalue weighted by atomic mass is 9.90. The fraction of sp³-hybridized carbons (Fsp3) is 0.672. The highest BCUT2D eigenvalue weighted by molar-refractivity contribution is 5.97. The minimum absolute atomic E-state index is 0.0453. The highest BCUT2D eigenvalue weighted by Gasteiger charge is 2.43. The van der Waals surface area contributed by atoms with Gasteiger partial charge < -0.3 is 62.1 Å². The van der Waals surface area contributed by atoms with Crippen LogP contribution in [0.3, 0.4) is 0 Å². The van der Waals surface area contributed by atoms with Gasteiger partial charge in [0.15, 0.2) is 0 Å². The molecule has 9 atom stereocenters. The fourth-order valence-electron chi connectivity index (χ4n) is 9.69. The Bertz CT molecular complexity index is 2170. The van der Waals surface area contributed by atoms with Crippen LogP contribution in [0.1, 0.15) is 139 Å². The maximum atomic E-state index is 14.3. The molecule has 0 spiro atoms. The molecule has 3 rings (SSSR count). The summed E-state index contributed by atoms with van der Waals surface area (Å²) < 4.78 is 17.0. The summed E-state index contributed by atoms with van der Waals surface area (Å²) in [5, 5.41) is 13.6. The van der Waals surface area contributed by atoms with Gasteiger partial charge in [-0.1, -0.05) is 138 Å². The molecular formula is C61H106N10O11. The Morgan fingerprint density at radius 1 is 0.768 bits per heavy atom. The standard InChI is InChI=1S/C53H84N10O11.2C3H8.C2H6/c1-11-34(4)47(42(72-8)30-44(65)63-27-16-20-41(63)48(73-9)35(5)49(67)60-40(52(70)74-10)29-37-17-13-12-14-18-37)62(7)45(66)32-57-51(69)46(33(2)3)61(6)28-25-36-21-23-38(24-22-36)58-50(68)39(59-43(64)31-54)19-15-26-56-53(55)71;2*1-3-2;1-2/h12-14,17-18,21-24,33-35,39-42,46-48H,11,15-16,19-20,25-32,54H2,1-10H3,(H,57,69)(H,58,68)(H,59,64)(H,60,67)(H3,55,56,71);2*3H2,1-2H3;1-2H3/t34-,35+,39-,40-,41-,42+,46?,47?,48+;;;/m0.../s1. The van der Waals surface area contributed by atoms with Gasteiger partial charge in [-0.3, -0.25) is 33.7 Å². The van der Waals surface area contributed by atoms with Crippen LogP contribution in [-0.2, 0) is 60.6 Å². The van der Waals surface area contributed by atoms with Crippen molar-refractivity contribution in [3.05, 3.63) is 65.7 Å². The number of amides is 8. The zero-order valence-corrected chi connectivity index (χ0v) is 52.6. The summed E-state index contributed by atoms with van der Waals surface area (Å²) in [4.78, 5) is 110. The topological polar surface area (TPSA) is 286 Å². The molecule has 1 saturated heterocycles. The number of carbonyl (C=O) groups excluding carboxylic acids is 8. The van der Waals surface area contributed by atoms with Gasteiger partial charge in [-0.05, 0) is 74.2 Å². The highest BCUT2D eigenvalue weighted by Crippen LogP contribution is 2.29. The average molecular weight is 1160 g/mol. The van der Waals surface area contributed by atoms with E-state index in [1.54, 1.807) is 35.9 Å². The number of urea groups is 1. The second-order valence-corrected chi connectivity index (χ2v) is 20.9. The number of likely N-dealkylation sites (tertiary alicyclic amines) is 1. The number of anilines is 1. The van der Waals surface area contributed by atoms with Crippen molar-refractivity contribution in [2.75, 3.05) is 73.5 Å². The molecule has 2 unspecified atom stereocenters. The molecule has 466 valence electrons. The third-order valence-corrected chi connectivity index (χ3v) is 14.0. The first kappa shape index (κ1) is 75.8. The number of nitrogens with two attached hydrogens (primary N) is 2. The first-order valence-electron chi connectivity index (χ1n) is 29.5. The van der Waals surface area contributed by atoms with Crippen LogP contribution in [0.25, 0.3) is 0 Å². The third-order valence-electron chi connectivity index (χ3n) is 14.0. The smallest absolute Gasteiger partial charge is 0.328 e. The molecule has 82 heavy (non-hydrogen) atoms. The predicted octanol–water partition coefficient (Wildman–Crippen LogP) is 5.81. The lowest BCUT2D eigenvalue weighted by Crippen LogP contribution is -2.55. The zero-order chi connectivity index (χ0) is 62.5. The Morgan fingerprint density at radius 2 is 1.38 bits per heavy atom. The van der Waals surface area contributed by atoms with Crippen molar-refractivity contribution in [3.63, 3.8) is 0 Å². The molecule has 21 nitrogen and oxygen atoms in total. The molecule has 2 aromatic rings. The summed E-state index contributed by atoms with van der Waals surface area (Å²) in [7, 11) is 7.81. The number of methoxy groups -OCH3 is 3. The van der Waals surface area contributed by atoms with Crippen LogP contribution in [0.5, 0.6) is 0 Å². The number of nitrogens with zero attached hydrogens (tertiary/aromatic N) is 3. The monoisotopic (exact) mass is 1150 g/mol. The number of hydrogen-bond acceptors (Lipinski definition) is 13. The van der Waals surface area contributed by atoms with E-state index in [0.29, 0.717) is 50.9 Å². The largest absolute Gasteiger partial charge is 0.467 e. The number of esters is 1. The van der Waals surface area contributed by atoms with E-state index >= 15 is 0 Å². The predicted molar refractivity (Wildman–Crippen MR) is 324 cm³/mol. The fourth-order valence-corrected chi connectivity index (χ4v) is 9.69. The van der Waals surface area contributed by atoms with E-state index in [1.807, 2.05) is 96.0 Å². The summed E-state index contributed by atoms with van der Waals surface area (Å²) in [5.41, 5.74) is 12.9. The summed E-state index contributed by atoms with van der Waals surface area (Å²) in [5.74, 6) is -3.72. The Morgan fingerprint density at radius 3 is 1.90 bits per heavy atom. The molecule has 21 heteroatoms. The molecule has 9 N–H and O–H groups in total. The Kier molecular flexibility index (Phi) is 39.4. The summed E-state index contributed by atoms with van der Waals surface area (Å²) in [6.45, 7) is 22.7. The molecular weight excluding hydrogens is 1050 g/mol. The van der Waals surface area contributed by atoms with Crippen molar-refractivity contribution in [1.29, 1.82) is 0 Å². The molecule has 0 saturated carbocycles. The Balaban J connectivity index is 0.00000775. The summed E-state index contributed by atoms with van der Waals surface area (Å²) >= 11 is 0. The molecule has 1 aliphatic heterocycles. The maximum Gasteiger partial charge on any atom is 0.328 e. The van der Waals surface area contributed by atoms with E-state index in [0.717, 1.165) is 11.1 Å². The number of carbonyl (C=O) groups is 8. The van der Waals surface area contributed by atoms with E-state index in [2.05, 4.69) is 54.3 Å². The number of likely N-dealkylation sites (N-methyl/N-ethyl adjacent to an activating group) is 2. The lowest BCUT2D eigenvalue weighted by molar-refractivity contribution is -0.148. The van der Waals surface area contributed by atoms with E-state index in [-0.39, 0.29) is 68.5 Å². The van der Waals surface area contributed by atoms with Crippen LogP contribution < -0.4 is 38.1 Å². The number of rotatable bonds is 31. The van der Waals surface area contributed by atoms with Crippen molar-refractivity contribution < 1.29 is 52.6 Å². The van der Waals surface area contributed by atoms with Gasteiger partial charge in [-0.2, -0.15) is 0 Å². The van der Waals surface area contributed by atoms with Gasteiger partial charge in [-0.25, -0.2) is 9.59 Å². The average Bonchev–Trinajstić information content (AvgIpc) is 4.11. The second-order valence-electron chi connectivity index (χ2n) is 20.9. The quantitative estimate of drug-likeness (QED) is 0.0347. The van der Waals surface area contributed by atoms with Crippen molar-refractivity contribution >= 4 is 53.1 Å². The zero-order valence-electron chi connectivity index (χ0n) is 52.6. The van der Waals surface area contributed by atoms with Crippen LogP contribution in [-0.4, -0.2) is 173 Å². The first-order valence-corrected chi connectivity index (χ1v) is 29.5. The molecule has 0 aromatic heterocycles. The minimum Gasteiger partial charge on any atom is -0.467 e. The summed E-state index contributed by atoms with van der Waals surface area (Å²) in [6.07, 6.45) is 4.48. The number of hydrogen-bond donors (Lipinski definition) is 7. The molecule has 1 fully saturated rings. The van der Waals surface area contributed by atoms with Gasteiger partial charge >= 0.3 is 12.0 Å². The van der Waals surface area contributed by atoms with Crippen LogP contribution in [0.4, 0.5) is 10.5 Å².